The molecular formula is C40H72N4O4. The number of imidazole rings is 1. The van der Waals surface area contributed by atoms with Crippen LogP contribution in [0.1, 0.15) is 193 Å². The molecule has 1 heterocycles. The standard InChI is InChI=1S/C40H72N4O4/c1-3-5-7-9-11-13-15-17-18-19-21-23-25-27-29-31-38(45)43-36(30-28-26-24-22-20-16-14-12-10-8-6-4-2)39(46)44-37(40(47)48)32-35-33-41-34-42-35/h17-18,33-34,36-37H,3-16,19-32H2,1-2H3,(H,41,42)(H,43,45)(H,44,46)(H,47,48)/t36?,37-/m0/s1. The summed E-state index contributed by atoms with van der Waals surface area (Å²) in [6, 6.07) is -1.82. The summed E-state index contributed by atoms with van der Waals surface area (Å²) in [5, 5.41) is 15.3. The van der Waals surface area contributed by atoms with Crippen LogP contribution in [0.5, 0.6) is 0 Å². The number of nitrogens with one attached hydrogen (secondary N) is 3. The Morgan fingerprint density at radius 1 is 0.667 bits per heavy atom. The SMILES string of the molecule is CCCCCCCCC=CCCCCCCCC(=O)NC(CCCCCCCCCCCCCC)C(=O)N[C@@H](Cc1cnc[nH]1)C(=O)O. The lowest BCUT2D eigenvalue weighted by atomic mass is 10.0. The number of carboxylic acids is 1. The number of carboxylic acid groups (broad SMARTS) is 1. The normalized spacial score (nSPS) is 12.7. The largest absolute Gasteiger partial charge is 0.480 e. The molecular weight excluding hydrogens is 600 g/mol. The van der Waals surface area contributed by atoms with Crippen molar-refractivity contribution in [1.82, 2.24) is 20.6 Å². The molecule has 0 saturated heterocycles. The molecule has 8 heteroatoms. The summed E-state index contributed by atoms with van der Waals surface area (Å²) in [6.07, 6.45) is 39.0. The summed E-state index contributed by atoms with van der Waals surface area (Å²) in [5.74, 6) is -1.67. The Balaban J connectivity index is 2.36. The zero-order valence-electron chi connectivity index (χ0n) is 30.9. The van der Waals surface area contributed by atoms with Crippen LogP contribution < -0.4 is 10.6 Å². The first-order chi connectivity index (χ1) is 23.5. The molecule has 48 heavy (non-hydrogen) atoms. The van der Waals surface area contributed by atoms with Crippen molar-refractivity contribution in [2.24, 2.45) is 0 Å². The number of nitrogens with zero attached hydrogens (tertiary/aromatic N) is 1. The Kier molecular flexibility index (Phi) is 28.6. The van der Waals surface area contributed by atoms with Gasteiger partial charge in [-0.3, -0.25) is 9.59 Å². The number of carbonyl (C=O) groups is 3. The summed E-state index contributed by atoms with van der Waals surface area (Å²) in [4.78, 5) is 44.9. The predicted molar refractivity (Wildman–Crippen MR) is 199 cm³/mol. The first-order valence-corrected chi connectivity index (χ1v) is 19.9. The van der Waals surface area contributed by atoms with Crippen molar-refractivity contribution < 1.29 is 19.5 Å². The molecule has 1 aromatic rings. The highest BCUT2D eigenvalue weighted by atomic mass is 16.4. The average Bonchev–Trinajstić information content (AvgIpc) is 3.59. The van der Waals surface area contributed by atoms with E-state index in [9.17, 15) is 19.5 Å². The highest BCUT2D eigenvalue weighted by molar-refractivity contribution is 5.90. The quantitative estimate of drug-likeness (QED) is 0.0428. The molecule has 1 unspecified atom stereocenters. The molecule has 0 aliphatic carbocycles. The van der Waals surface area contributed by atoms with Crippen LogP contribution in [0.4, 0.5) is 0 Å². The number of aromatic nitrogens is 2. The molecule has 0 radical (unpaired) electrons. The number of allylic oxidation sites excluding steroid dienone is 2. The van der Waals surface area contributed by atoms with Gasteiger partial charge in [0.15, 0.2) is 0 Å². The van der Waals surface area contributed by atoms with Crippen molar-refractivity contribution in [2.45, 2.75) is 206 Å². The highest BCUT2D eigenvalue weighted by Gasteiger charge is 2.26. The fourth-order valence-corrected chi connectivity index (χ4v) is 6.17. The van der Waals surface area contributed by atoms with E-state index in [4.69, 9.17) is 0 Å². The maximum absolute atomic E-state index is 13.2. The van der Waals surface area contributed by atoms with Gasteiger partial charge in [0, 0.05) is 24.7 Å². The van der Waals surface area contributed by atoms with E-state index in [-0.39, 0.29) is 12.3 Å². The lowest BCUT2D eigenvalue weighted by Gasteiger charge is -2.21. The molecule has 0 bridgehead atoms. The van der Waals surface area contributed by atoms with Crippen LogP contribution >= 0.6 is 0 Å². The van der Waals surface area contributed by atoms with Crippen molar-refractivity contribution in [3.05, 3.63) is 30.4 Å². The molecule has 0 aliphatic rings. The third-order valence-corrected chi connectivity index (χ3v) is 9.26. The zero-order chi connectivity index (χ0) is 34.9. The zero-order valence-corrected chi connectivity index (χ0v) is 30.9. The molecule has 0 fully saturated rings. The van der Waals surface area contributed by atoms with Gasteiger partial charge < -0.3 is 20.7 Å². The van der Waals surface area contributed by atoms with E-state index in [1.807, 2.05) is 0 Å². The molecule has 0 spiro atoms. The second-order valence-electron chi connectivity index (χ2n) is 13.8. The summed E-state index contributed by atoms with van der Waals surface area (Å²) in [6.45, 7) is 4.50. The highest BCUT2D eigenvalue weighted by Crippen LogP contribution is 2.14. The Hall–Kier alpha value is -2.64. The summed E-state index contributed by atoms with van der Waals surface area (Å²) < 4.78 is 0. The third-order valence-electron chi connectivity index (χ3n) is 9.26. The number of hydrogen-bond acceptors (Lipinski definition) is 4. The maximum atomic E-state index is 13.2. The van der Waals surface area contributed by atoms with Crippen molar-refractivity contribution in [2.75, 3.05) is 0 Å². The minimum absolute atomic E-state index is 0.106. The first-order valence-electron chi connectivity index (χ1n) is 19.9. The molecule has 1 rings (SSSR count). The Bertz CT molecular complexity index is 934. The van der Waals surface area contributed by atoms with Gasteiger partial charge in [-0.25, -0.2) is 9.78 Å². The fraction of sp³-hybridized carbons (Fsp3) is 0.800. The monoisotopic (exact) mass is 673 g/mol. The number of carbonyl (C=O) groups excluding carboxylic acids is 2. The number of aromatic amines is 1. The summed E-state index contributed by atoms with van der Waals surface area (Å²) in [5.41, 5.74) is 0.633. The van der Waals surface area contributed by atoms with E-state index < -0.39 is 24.0 Å². The minimum atomic E-state index is -1.11. The summed E-state index contributed by atoms with van der Waals surface area (Å²) >= 11 is 0. The van der Waals surface area contributed by atoms with Crippen molar-refractivity contribution in [3.8, 4) is 0 Å². The molecule has 0 aliphatic heterocycles. The Morgan fingerprint density at radius 2 is 1.15 bits per heavy atom. The van der Waals surface area contributed by atoms with Crippen LogP contribution in [0, 0.1) is 0 Å². The van der Waals surface area contributed by atoms with E-state index in [0.29, 0.717) is 18.5 Å². The molecule has 4 N–H and O–H groups in total. The van der Waals surface area contributed by atoms with Crippen molar-refractivity contribution >= 4 is 17.8 Å². The molecule has 0 saturated carbocycles. The molecule has 8 nitrogen and oxygen atoms in total. The number of rotatable bonds is 34. The van der Waals surface area contributed by atoms with Gasteiger partial charge >= 0.3 is 5.97 Å². The minimum Gasteiger partial charge on any atom is -0.480 e. The first kappa shape index (κ1) is 43.4. The molecule has 276 valence electrons. The van der Waals surface area contributed by atoms with Gasteiger partial charge in [-0.15, -0.1) is 0 Å². The van der Waals surface area contributed by atoms with Crippen LogP contribution in [0.2, 0.25) is 0 Å². The number of hydrogen-bond donors (Lipinski definition) is 4. The average molecular weight is 673 g/mol. The van der Waals surface area contributed by atoms with Crippen molar-refractivity contribution in [1.29, 1.82) is 0 Å². The van der Waals surface area contributed by atoms with Gasteiger partial charge in [-0.05, 0) is 38.5 Å². The smallest absolute Gasteiger partial charge is 0.326 e. The Labute approximate surface area is 293 Å². The number of H-pyrrole nitrogens is 1. The van der Waals surface area contributed by atoms with Gasteiger partial charge in [0.2, 0.25) is 11.8 Å². The Morgan fingerprint density at radius 3 is 1.62 bits per heavy atom. The van der Waals surface area contributed by atoms with Crippen LogP contribution in [-0.4, -0.2) is 44.9 Å². The van der Waals surface area contributed by atoms with E-state index in [0.717, 1.165) is 44.9 Å². The third kappa shape index (κ3) is 25.4. The number of aliphatic carboxylic acids is 1. The van der Waals surface area contributed by atoms with Gasteiger partial charge in [0.1, 0.15) is 12.1 Å². The number of unbranched alkanes of at least 4 members (excludes halogenated alkanes) is 22. The van der Waals surface area contributed by atoms with E-state index >= 15 is 0 Å². The lowest BCUT2D eigenvalue weighted by Crippen LogP contribution is -2.52. The molecule has 2 atom stereocenters. The van der Waals surface area contributed by atoms with Crippen LogP contribution in [0.3, 0.4) is 0 Å². The van der Waals surface area contributed by atoms with Gasteiger partial charge in [0.25, 0.3) is 0 Å². The topological polar surface area (TPSA) is 124 Å². The summed E-state index contributed by atoms with van der Waals surface area (Å²) in [7, 11) is 0. The fourth-order valence-electron chi connectivity index (χ4n) is 6.17. The van der Waals surface area contributed by atoms with Crippen LogP contribution in [0.15, 0.2) is 24.7 Å². The molecule has 0 aromatic carbocycles. The van der Waals surface area contributed by atoms with Crippen LogP contribution in [-0.2, 0) is 20.8 Å². The predicted octanol–water partition coefficient (Wildman–Crippen LogP) is 10.1. The van der Waals surface area contributed by atoms with Gasteiger partial charge in [-0.2, -0.15) is 0 Å². The molecule has 2 amide bonds. The van der Waals surface area contributed by atoms with Gasteiger partial charge in [-0.1, -0.05) is 154 Å². The van der Waals surface area contributed by atoms with Crippen LogP contribution in [0.25, 0.3) is 0 Å². The second-order valence-corrected chi connectivity index (χ2v) is 13.8. The lowest BCUT2D eigenvalue weighted by molar-refractivity contribution is -0.142. The number of amides is 2. The maximum Gasteiger partial charge on any atom is 0.326 e. The second kappa shape index (κ2) is 31.6. The van der Waals surface area contributed by atoms with E-state index in [1.54, 1.807) is 6.20 Å². The van der Waals surface area contributed by atoms with Crippen molar-refractivity contribution in [3.63, 3.8) is 0 Å². The van der Waals surface area contributed by atoms with E-state index in [2.05, 4.69) is 46.6 Å². The van der Waals surface area contributed by atoms with E-state index in [1.165, 1.54) is 122 Å². The van der Waals surface area contributed by atoms with Gasteiger partial charge in [0.05, 0.1) is 6.33 Å². The molecule has 1 aromatic heterocycles.